The highest BCUT2D eigenvalue weighted by Crippen LogP contribution is 2.17. The maximum atomic E-state index is 13.6. The molecule has 0 aliphatic carbocycles. The zero-order valence-electron chi connectivity index (χ0n) is 10.9. The monoisotopic (exact) mass is 281 g/mol. The first-order valence-electron chi connectivity index (χ1n) is 5.79. The van der Waals surface area contributed by atoms with E-state index in [-0.39, 0.29) is 11.3 Å². The quantitative estimate of drug-likeness (QED) is 0.827. The molecule has 1 heterocycles. The Labute approximate surface area is 113 Å². The molecule has 20 heavy (non-hydrogen) atoms. The third-order valence-electron chi connectivity index (χ3n) is 2.81. The maximum absolute atomic E-state index is 13.6. The van der Waals surface area contributed by atoms with Crippen molar-refractivity contribution in [3.63, 3.8) is 0 Å². The van der Waals surface area contributed by atoms with Crippen molar-refractivity contribution in [3.8, 4) is 0 Å². The van der Waals surface area contributed by atoms with Crippen molar-refractivity contribution in [2.45, 2.75) is 13.0 Å². The number of nitrogens with one attached hydrogen (secondary N) is 1. The van der Waals surface area contributed by atoms with E-state index in [0.29, 0.717) is 11.9 Å². The number of hydrogen-bond donors (Lipinski definition) is 2. The van der Waals surface area contributed by atoms with Crippen LogP contribution in [0.15, 0.2) is 18.5 Å². The van der Waals surface area contributed by atoms with Crippen LogP contribution in [0.5, 0.6) is 0 Å². The first-order valence-corrected chi connectivity index (χ1v) is 5.79. The lowest BCUT2D eigenvalue weighted by Gasteiger charge is -2.13. The number of amides is 1. The Morgan fingerprint density at radius 1 is 1.40 bits per heavy atom. The molecule has 0 spiro atoms. The Morgan fingerprint density at radius 2 is 2.10 bits per heavy atom. The lowest BCUT2D eigenvalue weighted by atomic mass is 10.1. The van der Waals surface area contributed by atoms with Crippen molar-refractivity contribution in [2.24, 2.45) is 7.05 Å². The zero-order valence-corrected chi connectivity index (χ0v) is 10.9. The van der Waals surface area contributed by atoms with Gasteiger partial charge in [0, 0.05) is 13.1 Å². The third-order valence-corrected chi connectivity index (χ3v) is 2.81. The Morgan fingerprint density at radius 3 is 2.70 bits per heavy atom. The lowest BCUT2D eigenvalue weighted by Crippen LogP contribution is -2.29. The second-order valence-corrected chi connectivity index (χ2v) is 4.35. The van der Waals surface area contributed by atoms with Crippen LogP contribution in [0.2, 0.25) is 0 Å². The van der Waals surface area contributed by atoms with E-state index in [0.717, 1.165) is 6.07 Å². The van der Waals surface area contributed by atoms with Crippen molar-refractivity contribution in [2.75, 3.05) is 5.73 Å². The van der Waals surface area contributed by atoms with E-state index in [2.05, 4.69) is 15.5 Å². The molecule has 0 aliphatic rings. The van der Waals surface area contributed by atoms with Crippen LogP contribution < -0.4 is 11.1 Å². The van der Waals surface area contributed by atoms with Crippen LogP contribution in [0, 0.1) is 11.6 Å². The van der Waals surface area contributed by atoms with Crippen LogP contribution in [0.4, 0.5) is 14.5 Å². The van der Waals surface area contributed by atoms with Gasteiger partial charge in [-0.15, -0.1) is 10.2 Å². The molecule has 0 radical (unpaired) electrons. The van der Waals surface area contributed by atoms with E-state index in [1.54, 1.807) is 18.5 Å². The van der Waals surface area contributed by atoms with Crippen LogP contribution in [-0.2, 0) is 7.05 Å². The number of hydrogen-bond acceptors (Lipinski definition) is 4. The normalized spacial score (nSPS) is 12.2. The Hall–Kier alpha value is -2.51. The van der Waals surface area contributed by atoms with Gasteiger partial charge >= 0.3 is 0 Å². The summed E-state index contributed by atoms with van der Waals surface area (Å²) in [6.45, 7) is 1.67. The summed E-state index contributed by atoms with van der Waals surface area (Å²) in [7, 11) is 1.72. The Bertz CT molecular complexity index is 655. The number of benzene rings is 1. The molecule has 2 aromatic rings. The molecule has 106 valence electrons. The predicted octanol–water partition coefficient (Wildman–Crippen LogP) is 1.17. The Kier molecular flexibility index (Phi) is 3.64. The van der Waals surface area contributed by atoms with Crippen LogP contribution in [0.1, 0.15) is 29.1 Å². The molecule has 0 bridgehead atoms. The molecule has 3 N–H and O–H groups in total. The summed E-state index contributed by atoms with van der Waals surface area (Å²) >= 11 is 0. The molecule has 1 aromatic carbocycles. The van der Waals surface area contributed by atoms with Gasteiger partial charge in [0.2, 0.25) is 0 Å². The molecule has 1 aromatic heterocycles. The van der Waals surface area contributed by atoms with Gasteiger partial charge in [-0.2, -0.15) is 0 Å². The summed E-state index contributed by atoms with van der Waals surface area (Å²) in [5.41, 5.74) is 4.72. The molecule has 8 heteroatoms. The van der Waals surface area contributed by atoms with Crippen molar-refractivity contribution < 1.29 is 13.6 Å². The van der Waals surface area contributed by atoms with Crippen molar-refractivity contribution >= 4 is 11.6 Å². The van der Waals surface area contributed by atoms with Gasteiger partial charge in [0.15, 0.2) is 5.82 Å². The molecule has 1 amide bonds. The van der Waals surface area contributed by atoms with E-state index >= 15 is 0 Å². The van der Waals surface area contributed by atoms with Gasteiger partial charge in [-0.05, 0) is 13.0 Å². The molecule has 1 atom stereocenters. The number of carbonyl (C=O) groups is 1. The number of rotatable bonds is 3. The highest BCUT2D eigenvalue weighted by atomic mass is 19.1. The molecular formula is C12H13F2N5O. The molecule has 1 unspecified atom stereocenters. The van der Waals surface area contributed by atoms with Gasteiger partial charge in [0.1, 0.15) is 18.0 Å². The lowest BCUT2D eigenvalue weighted by molar-refractivity contribution is 0.0933. The summed E-state index contributed by atoms with van der Waals surface area (Å²) in [6, 6.07) is 1.06. The van der Waals surface area contributed by atoms with Gasteiger partial charge in [0.25, 0.3) is 5.91 Å². The number of halogens is 2. The van der Waals surface area contributed by atoms with Crippen molar-refractivity contribution in [1.82, 2.24) is 20.1 Å². The second-order valence-electron chi connectivity index (χ2n) is 4.35. The predicted molar refractivity (Wildman–Crippen MR) is 67.7 cm³/mol. The first kappa shape index (κ1) is 13.9. The van der Waals surface area contributed by atoms with Crippen LogP contribution in [0.3, 0.4) is 0 Å². The van der Waals surface area contributed by atoms with E-state index in [4.69, 9.17) is 5.73 Å². The minimum atomic E-state index is -0.973. The summed E-state index contributed by atoms with van der Waals surface area (Å²) in [4.78, 5) is 12.0. The van der Waals surface area contributed by atoms with E-state index in [1.165, 1.54) is 6.33 Å². The summed E-state index contributed by atoms with van der Waals surface area (Å²) in [5, 5.41) is 10.1. The summed E-state index contributed by atoms with van der Waals surface area (Å²) < 4.78 is 28.2. The number of carbonyl (C=O) groups excluding carboxylic acids is 1. The highest BCUT2D eigenvalue weighted by molar-refractivity contribution is 5.95. The minimum Gasteiger partial charge on any atom is -0.396 e. The molecule has 2 rings (SSSR count). The molecule has 0 fully saturated rings. The fourth-order valence-electron chi connectivity index (χ4n) is 1.76. The minimum absolute atomic E-state index is 0.289. The summed E-state index contributed by atoms with van der Waals surface area (Å²) in [6.07, 6.45) is 1.48. The molecule has 0 saturated carbocycles. The zero-order chi connectivity index (χ0) is 14.9. The number of nitrogens with two attached hydrogens (primary N) is 1. The molecular weight excluding hydrogens is 268 g/mol. The van der Waals surface area contributed by atoms with Crippen molar-refractivity contribution in [3.05, 3.63) is 41.5 Å². The van der Waals surface area contributed by atoms with Gasteiger partial charge < -0.3 is 15.6 Å². The van der Waals surface area contributed by atoms with Gasteiger partial charge in [-0.1, -0.05) is 0 Å². The first-order chi connectivity index (χ1) is 9.40. The average Bonchev–Trinajstić information content (AvgIpc) is 2.80. The van der Waals surface area contributed by atoms with Crippen LogP contribution >= 0.6 is 0 Å². The second kappa shape index (κ2) is 5.24. The fourth-order valence-corrected chi connectivity index (χ4v) is 1.76. The van der Waals surface area contributed by atoms with Gasteiger partial charge in [-0.3, -0.25) is 4.79 Å². The molecule has 0 aliphatic heterocycles. The van der Waals surface area contributed by atoms with E-state index in [1.807, 2.05) is 0 Å². The van der Waals surface area contributed by atoms with E-state index in [9.17, 15) is 13.6 Å². The fraction of sp³-hybridized carbons (Fsp3) is 0.250. The van der Waals surface area contributed by atoms with Gasteiger partial charge in [0.05, 0.1) is 17.3 Å². The smallest absolute Gasteiger partial charge is 0.254 e. The average molecular weight is 281 g/mol. The number of aryl methyl sites for hydroxylation is 1. The van der Waals surface area contributed by atoms with Crippen LogP contribution in [0.25, 0.3) is 0 Å². The highest BCUT2D eigenvalue weighted by Gasteiger charge is 2.19. The third kappa shape index (κ3) is 2.58. The number of nitrogens with zero attached hydrogens (tertiary/aromatic N) is 3. The standard InChI is InChI=1S/C12H13F2N5O/c1-6(11-18-16-5-19(11)2)17-12(20)7-3-10(15)9(14)4-8(7)13/h3-6H,15H2,1-2H3,(H,17,20). The molecule has 6 nitrogen and oxygen atoms in total. The topological polar surface area (TPSA) is 85.8 Å². The summed E-state index contributed by atoms with van der Waals surface area (Å²) in [5.74, 6) is -2.07. The largest absolute Gasteiger partial charge is 0.396 e. The number of anilines is 1. The SMILES string of the molecule is CC(NC(=O)c1cc(N)c(F)cc1F)c1nncn1C. The van der Waals surface area contributed by atoms with Crippen molar-refractivity contribution in [1.29, 1.82) is 0 Å². The number of aromatic nitrogens is 3. The Balaban J connectivity index is 2.21. The number of nitrogen functional groups attached to an aromatic ring is 1. The van der Waals surface area contributed by atoms with E-state index < -0.39 is 23.6 Å². The molecule has 0 saturated heterocycles. The van der Waals surface area contributed by atoms with Crippen LogP contribution in [-0.4, -0.2) is 20.7 Å². The maximum Gasteiger partial charge on any atom is 0.254 e. The van der Waals surface area contributed by atoms with Gasteiger partial charge in [-0.25, -0.2) is 8.78 Å².